The van der Waals surface area contributed by atoms with E-state index in [2.05, 4.69) is 20.3 Å². The second kappa shape index (κ2) is 8.43. The number of aliphatic carboxylic acids is 1. The fourth-order valence-corrected chi connectivity index (χ4v) is 3.49. The third kappa shape index (κ3) is 4.01. The quantitative estimate of drug-likeness (QED) is 0.277. The molecule has 0 radical (unpaired) electrons. The van der Waals surface area contributed by atoms with E-state index in [0.29, 0.717) is 5.56 Å². The van der Waals surface area contributed by atoms with Crippen molar-refractivity contribution < 1.29 is 35.1 Å². The molecule has 6 N–H and O–H groups in total. The van der Waals surface area contributed by atoms with Crippen LogP contribution in [0.3, 0.4) is 0 Å². The highest BCUT2D eigenvalue weighted by atomic mass is 16.6. The van der Waals surface area contributed by atoms with E-state index in [9.17, 15) is 30.3 Å². The highest BCUT2D eigenvalue weighted by Crippen LogP contribution is 2.32. The van der Waals surface area contributed by atoms with E-state index < -0.39 is 43.2 Å². The van der Waals surface area contributed by atoms with Crippen LogP contribution in [0.4, 0.5) is 5.82 Å². The van der Waals surface area contributed by atoms with Gasteiger partial charge in [-0.2, -0.15) is 0 Å². The van der Waals surface area contributed by atoms with E-state index in [4.69, 9.17) is 4.74 Å². The van der Waals surface area contributed by atoms with Gasteiger partial charge in [-0.25, -0.2) is 19.7 Å². The minimum absolute atomic E-state index is 0.0801. The highest BCUT2D eigenvalue weighted by Gasteiger charge is 2.44. The summed E-state index contributed by atoms with van der Waals surface area (Å²) in [5, 5.41) is 51.4. The molecule has 1 unspecified atom stereocenters. The number of nitrogens with one attached hydrogen (secondary N) is 1. The van der Waals surface area contributed by atoms with E-state index >= 15 is 0 Å². The number of imidazole rings is 1. The van der Waals surface area contributed by atoms with Gasteiger partial charge in [0.2, 0.25) is 0 Å². The molecule has 1 aliphatic rings. The molecule has 0 amide bonds. The van der Waals surface area contributed by atoms with Crippen molar-refractivity contribution in [3.8, 4) is 5.75 Å². The Labute approximate surface area is 175 Å². The Morgan fingerprint density at radius 2 is 1.90 bits per heavy atom. The van der Waals surface area contributed by atoms with E-state index in [1.165, 1.54) is 29.4 Å². The Balaban J connectivity index is 1.61. The third-order valence-electron chi connectivity index (χ3n) is 5.14. The largest absolute Gasteiger partial charge is 0.508 e. The second-order valence-corrected chi connectivity index (χ2v) is 7.18. The molecule has 12 heteroatoms. The van der Waals surface area contributed by atoms with Gasteiger partial charge in [0.05, 0.1) is 12.9 Å². The number of fused-ring (bicyclic) bond motifs is 1. The van der Waals surface area contributed by atoms with Crippen LogP contribution in [-0.2, 0) is 16.0 Å². The molecule has 31 heavy (non-hydrogen) atoms. The smallest absolute Gasteiger partial charge is 0.326 e. The molecule has 0 bridgehead atoms. The molecule has 1 aromatic carbocycles. The zero-order valence-corrected chi connectivity index (χ0v) is 16.1. The SMILES string of the molecule is O=C(O)[C@@H](Cc1ccc(O)cc1)Nc1ncnc2c1ncn2[C@@H]1O[C@H](CO)[C@H](O)C1O. The van der Waals surface area contributed by atoms with Gasteiger partial charge in [0, 0.05) is 6.42 Å². The van der Waals surface area contributed by atoms with Gasteiger partial charge in [0.25, 0.3) is 0 Å². The number of hydrogen-bond acceptors (Lipinski definition) is 10. The number of hydrogen-bond donors (Lipinski definition) is 6. The number of ether oxygens (including phenoxy) is 1. The maximum absolute atomic E-state index is 11.8. The van der Waals surface area contributed by atoms with Crippen molar-refractivity contribution in [2.45, 2.75) is 37.0 Å². The van der Waals surface area contributed by atoms with E-state index in [-0.39, 0.29) is 29.2 Å². The normalized spacial score (nSPS) is 24.4. The van der Waals surface area contributed by atoms with Crippen LogP contribution in [0.5, 0.6) is 5.75 Å². The van der Waals surface area contributed by atoms with Crippen LogP contribution < -0.4 is 5.32 Å². The molecule has 1 fully saturated rings. The summed E-state index contributed by atoms with van der Waals surface area (Å²) in [7, 11) is 0. The first-order valence-corrected chi connectivity index (χ1v) is 9.46. The van der Waals surface area contributed by atoms with Crippen LogP contribution in [0.1, 0.15) is 11.8 Å². The molecule has 0 spiro atoms. The second-order valence-electron chi connectivity index (χ2n) is 7.18. The van der Waals surface area contributed by atoms with Gasteiger partial charge in [-0.3, -0.25) is 4.57 Å². The monoisotopic (exact) mass is 431 g/mol. The molecular formula is C19H21N5O7. The average molecular weight is 431 g/mol. The van der Waals surface area contributed by atoms with Gasteiger partial charge >= 0.3 is 5.97 Å². The molecule has 4 rings (SSSR count). The van der Waals surface area contributed by atoms with Crippen molar-refractivity contribution in [2.75, 3.05) is 11.9 Å². The number of carboxylic acid groups (broad SMARTS) is 1. The summed E-state index contributed by atoms with van der Waals surface area (Å²) in [5.41, 5.74) is 1.19. The number of aromatic hydroxyl groups is 1. The fraction of sp³-hybridized carbons (Fsp3) is 0.368. The number of aliphatic hydroxyl groups is 3. The van der Waals surface area contributed by atoms with Crippen molar-refractivity contribution in [2.24, 2.45) is 0 Å². The summed E-state index contributed by atoms with van der Waals surface area (Å²) < 4.78 is 6.90. The van der Waals surface area contributed by atoms with Gasteiger partial charge < -0.3 is 35.6 Å². The zero-order chi connectivity index (χ0) is 22.1. The summed E-state index contributed by atoms with van der Waals surface area (Å²) in [6, 6.07) is 5.15. The Hall–Kier alpha value is -3.32. The Bertz CT molecular complexity index is 1070. The van der Waals surface area contributed by atoms with Crippen LogP contribution in [0.15, 0.2) is 36.9 Å². The van der Waals surface area contributed by atoms with Crippen molar-refractivity contribution >= 4 is 23.0 Å². The predicted octanol–water partition coefficient (Wildman–Crippen LogP) is -0.749. The molecule has 2 aromatic heterocycles. The van der Waals surface area contributed by atoms with Gasteiger partial charge in [-0.15, -0.1) is 0 Å². The number of aromatic nitrogens is 4. The molecule has 1 saturated heterocycles. The average Bonchev–Trinajstić information content (AvgIpc) is 3.31. The number of aliphatic hydroxyl groups excluding tert-OH is 3. The molecule has 3 heterocycles. The van der Waals surface area contributed by atoms with Crippen LogP contribution in [0.25, 0.3) is 11.2 Å². The minimum Gasteiger partial charge on any atom is -0.508 e. The van der Waals surface area contributed by atoms with E-state index in [1.54, 1.807) is 12.1 Å². The topological polar surface area (TPSA) is 183 Å². The lowest BCUT2D eigenvalue weighted by Crippen LogP contribution is -2.33. The molecular weight excluding hydrogens is 410 g/mol. The number of benzene rings is 1. The fourth-order valence-electron chi connectivity index (χ4n) is 3.49. The molecule has 12 nitrogen and oxygen atoms in total. The van der Waals surface area contributed by atoms with Crippen molar-refractivity contribution in [3.63, 3.8) is 0 Å². The Kier molecular flexibility index (Phi) is 5.69. The molecule has 0 saturated carbocycles. The summed E-state index contributed by atoms with van der Waals surface area (Å²) in [5.74, 6) is -0.860. The summed E-state index contributed by atoms with van der Waals surface area (Å²) in [6.45, 7) is -0.472. The number of carboxylic acids is 1. The predicted molar refractivity (Wildman–Crippen MR) is 105 cm³/mol. The number of phenols is 1. The number of carbonyl (C=O) groups is 1. The zero-order valence-electron chi connectivity index (χ0n) is 16.1. The summed E-state index contributed by atoms with van der Waals surface area (Å²) in [6.07, 6.45) is -1.93. The van der Waals surface area contributed by atoms with E-state index in [0.717, 1.165) is 0 Å². The lowest BCUT2D eigenvalue weighted by Gasteiger charge is -2.17. The van der Waals surface area contributed by atoms with Crippen molar-refractivity contribution in [1.82, 2.24) is 19.5 Å². The molecule has 5 atom stereocenters. The number of rotatable bonds is 7. The molecule has 0 aliphatic carbocycles. The van der Waals surface area contributed by atoms with Crippen molar-refractivity contribution in [3.05, 3.63) is 42.5 Å². The number of nitrogens with zero attached hydrogens (tertiary/aromatic N) is 4. The number of phenolic OH excluding ortho intramolecular Hbond substituents is 1. The lowest BCUT2D eigenvalue weighted by atomic mass is 10.1. The van der Waals surface area contributed by atoms with E-state index in [1.807, 2.05) is 0 Å². The summed E-state index contributed by atoms with van der Waals surface area (Å²) in [4.78, 5) is 24.2. The first-order chi connectivity index (χ1) is 14.9. The van der Waals surface area contributed by atoms with Gasteiger partial charge in [0.1, 0.15) is 36.4 Å². The van der Waals surface area contributed by atoms with Crippen molar-refractivity contribution in [1.29, 1.82) is 0 Å². The van der Waals surface area contributed by atoms with Crippen LogP contribution in [0.2, 0.25) is 0 Å². The lowest BCUT2D eigenvalue weighted by molar-refractivity contribution is -0.137. The third-order valence-corrected chi connectivity index (χ3v) is 5.14. The molecule has 1 aliphatic heterocycles. The van der Waals surface area contributed by atoms with Gasteiger partial charge in [-0.05, 0) is 17.7 Å². The first-order valence-electron chi connectivity index (χ1n) is 9.46. The van der Waals surface area contributed by atoms with Gasteiger partial charge in [0.15, 0.2) is 23.2 Å². The first kappa shape index (κ1) is 20.9. The molecule has 3 aromatic rings. The van der Waals surface area contributed by atoms with Crippen LogP contribution >= 0.6 is 0 Å². The highest BCUT2D eigenvalue weighted by molar-refractivity contribution is 5.86. The number of anilines is 1. The van der Waals surface area contributed by atoms with Gasteiger partial charge in [-0.1, -0.05) is 12.1 Å². The maximum atomic E-state index is 11.8. The Morgan fingerprint density at radius 3 is 2.55 bits per heavy atom. The van der Waals surface area contributed by atoms with Crippen LogP contribution in [0, 0.1) is 0 Å². The summed E-state index contributed by atoms with van der Waals surface area (Å²) >= 11 is 0. The minimum atomic E-state index is -1.32. The molecule has 164 valence electrons. The maximum Gasteiger partial charge on any atom is 0.326 e. The Morgan fingerprint density at radius 1 is 1.16 bits per heavy atom. The van der Waals surface area contributed by atoms with Crippen LogP contribution in [-0.4, -0.2) is 82.0 Å². The standard InChI is InChI=1S/C19H21N5O7/c25-6-12-14(27)15(28)18(31-12)24-8-22-13-16(20-7-21-17(13)24)23-11(19(29)30)5-9-1-3-10(26)4-2-9/h1-4,7-8,11-12,14-15,18,25-28H,5-6H2,(H,29,30)(H,20,21,23)/t11-,12-,14+,15?,18-/m1/s1.